The fraction of sp³-hybridized carbons (Fsp3) is 0.600. The predicted molar refractivity (Wildman–Crippen MR) is 81.9 cm³/mol. The molecule has 0 spiro atoms. The highest BCUT2D eigenvalue weighted by molar-refractivity contribution is 7.99. The first-order chi connectivity index (χ1) is 9.24. The van der Waals surface area contributed by atoms with Gasteiger partial charge in [0.1, 0.15) is 11.9 Å². The summed E-state index contributed by atoms with van der Waals surface area (Å²) in [4.78, 5) is 3.61. The lowest BCUT2D eigenvalue weighted by molar-refractivity contribution is 0.113. The molecule has 106 valence electrons. The lowest BCUT2D eigenvalue weighted by Crippen LogP contribution is -2.35. The maximum atomic E-state index is 6.19. The van der Waals surface area contributed by atoms with Crippen molar-refractivity contribution in [1.29, 1.82) is 0 Å². The monoisotopic (exact) mass is 280 g/mol. The lowest BCUT2D eigenvalue weighted by atomic mass is 10.1. The van der Waals surface area contributed by atoms with Crippen molar-refractivity contribution in [3.8, 4) is 5.75 Å². The molecule has 0 aliphatic carbocycles. The van der Waals surface area contributed by atoms with E-state index in [-0.39, 0.29) is 0 Å². The van der Waals surface area contributed by atoms with Gasteiger partial charge in [-0.2, -0.15) is 0 Å². The van der Waals surface area contributed by atoms with Crippen molar-refractivity contribution in [3.63, 3.8) is 0 Å². The van der Waals surface area contributed by atoms with E-state index >= 15 is 0 Å². The summed E-state index contributed by atoms with van der Waals surface area (Å²) < 4.78 is 6.19. The zero-order valence-corrected chi connectivity index (χ0v) is 12.7. The van der Waals surface area contributed by atoms with E-state index in [0.29, 0.717) is 12.6 Å². The number of hydrogen-bond acceptors (Lipinski definition) is 4. The van der Waals surface area contributed by atoms with Crippen molar-refractivity contribution in [2.24, 2.45) is 5.73 Å². The second-order valence-corrected chi connectivity index (χ2v) is 6.30. The Morgan fingerprint density at radius 3 is 2.74 bits per heavy atom. The number of rotatable bonds is 5. The van der Waals surface area contributed by atoms with Gasteiger partial charge in [0.05, 0.1) is 0 Å². The van der Waals surface area contributed by atoms with E-state index in [1.54, 1.807) is 0 Å². The molecule has 0 bridgehead atoms. The van der Waals surface area contributed by atoms with Crippen molar-refractivity contribution in [2.45, 2.75) is 37.3 Å². The number of hydrogen-bond donors (Lipinski definition) is 1. The second kappa shape index (κ2) is 7.17. The zero-order chi connectivity index (χ0) is 13.7. The zero-order valence-electron chi connectivity index (χ0n) is 11.9. The molecule has 0 unspecified atom stereocenters. The first-order valence-electron chi connectivity index (χ1n) is 7.04. The van der Waals surface area contributed by atoms with Crippen LogP contribution in [0.1, 0.15) is 25.3 Å². The fourth-order valence-electron chi connectivity index (χ4n) is 2.43. The highest BCUT2D eigenvalue weighted by Gasteiger charge is 2.19. The molecule has 1 aromatic rings. The van der Waals surface area contributed by atoms with Crippen molar-refractivity contribution in [1.82, 2.24) is 4.90 Å². The molecular formula is C15H24N2OS. The number of likely N-dealkylation sites (tertiary alicyclic amines) is 1. The van der Waals surface area contributed by atoms with Crippen molar-refractivity contribution >= 4 is 11.8 Å². The summed E-state index contributed by atoms with van der Waals surface area (Å²) in [6.07, 6.45) is 2.54. The number of benzene rings is 1. The summed E-state index contributed by atoms with van der Waals surface area (Å²) in [5.41, 5.74) is 7.07. The van der Waals surface area contributed by atoms with Crippen LogP contribution >= 0.6 is 11.8 Å². The lowest BCUT2D eigenvalue weighted by Gasteiger charge is -2.30. The Kier molecular flexibility index (Phi) is 5.55. The van der Waals surface area contributed by atoms with Crippen LogP contribution in [-0.4, -0.2) is 36.9 Å². The molecule has 0 aromatic heterocycles. The Balaban J connectivity index is 2.08. The molecule has 19 heavy (non-hydrogen) atoms. The van der Waals surface area contributed by atoms with E-state index in [2.05, 4.69) is 37.1 Å². The summed E-state index contributed by atoms with van der Waals surface area (Å²) in [5, 5.41) is 0. The molecular weight excluding hydrogens is 256 g/mol. The van der Waals surface area contributed by atoms with Gasteiger partial charge in [0.2, 0.25) is 0 Å². The normalized spacial score (nSPS) is 17.6. The SMILES string of the molecule is CCSc1cccc(OC2CCN(C)CC2)c1CN. The number of ether oxygens (including phenoxy) is 1. The van der Waals surface area contributed by atoms with Gasteiger partial charge >= 0.3 is 0 Å². The molecule has 2 N–H and O–H groups in total. The van der Waals surface area contributed by atoms with Gasteiger partial charge in [-0.1, -0.05) is 13.0 Å². The molecule has 1 saturated heterocycles. The van der Waals surface area contributed by atoms with E-state index in [9.17, 15) is 0 Å². The van der Waals surface area contributed by atoms with E-state index < -0.39 is 0 Å². The molecule has 0 amide bonds. The van der Waals surface area contributed by atoms with Gasteiger partial charge in [-0.15, -0.1) is 11.8 Å². The number of nitrogens with zero attached hydrogens (tertiary/aromatic N) is 1. The van der Waals surface area contributed by atoms with Crippen LogP contribution < -0.4 is 10.5 Å². The average Bonchev–Trinajstić information content (AvgIpc) is 2.42. The van der Waals surface area contributed by atoms with Crippen LogP contribution in [0.15, 0.2) is 23.1 Å². The summed E-state index contributed by atoms with van der Waals surface area (Å²) in [5.74, 6) is 2.04. The minimum Gasteiger partial charge on any atom is -0.490 e. The van der Waals surface area contributed by atoms with Gasteiger partial charge in [-0.25, -0.2) is 0 Å². The third kappa shape index (κ3) is 3.88. The third-order valence-electron chi connectivity index (χ3n) is 3.55. The van der Waals surface area contributed by atoms with Gasteiger partial charge < -0.3 is 15.4 Å². The molecule has 0 saturated carbocycles. The van der Waals surface area contributed by atoms with Gasteiger partial charge in [-0.05, 0) is 37.8 Å². The summed E-state index contributed by atoms with van der Waals surface area (Å²) in [7, 11) is 2.17. The van der Waals surface area contributed by atoms with Gasteiger partial charge in [0.15, 0.2) is 0 Å². The predicted octanol–water partition coefficient (Wildman–Crippen LogP) is 2.73. The smallest absolute Gasteiger partial charge is 0.125 e. The molecule has 0 radical (unpaired) electrons. The number of nitrogens with two attached hydrogens (primary N) is 1. The molecule has 1 fully saturated rings. The van der Waals surface area contributed by atoms with Crippen LogP contribution in [0.5, 0.6) is 5.75 Å². The molecule has 2 rings (SSSR count). The van der Waals surface area contributed by atoms with Gasteiger partial charge in [-0.3, -0.25) is 0 Å². The van der Waals surface area contributed by atoms with E-state index in [0.717, 1.165) is 43.0 Å². The molecule has 3 nitrogen and oxygen atoms in total. The van der Waals surface area contributed by atoms with Crippen molar-refractivity contribution in [2.75, 3.05) is 25.9 Å². The van der Waals surface area contributed by atoms with E-state index in [4.69, 9.17) is 10.5 Å². The van der Waals surface area contributed by atoms with Crippen LogP contribution in [-0.2, 0) is 6.54 Å². The Hall–Kier alpha value is -0.710. The van der Waals surface area contributed by atoms with Crippen LogP contribution in [0.4, 0.5) is 0 Å². The maximum Gasteiger partial charge on any atom is 0.125 e. The average molecular weight is 280 g/mol. The van der Waals surface area contributed by atoms with Gasteiger partial charge in [0.25, 0.3) is 0 Å². The summed E-state index contributed by atoms with van der Waals surface area (Å²) in [6.45, 7) is 4.94. The highest BCUT2D eigenvalue weighted by Crippen LogP contribution is 2.31. The first kappa shape index (κ1) is 14.7. The van der Waals surface area contributed by atoms with Crippen LogP contribution in [0.25, 0.3) is 0 Å². The number of piperidine rings is 1. The van der Waals surface area contributed by atoms with Crippen molar-refractivity contribution in [3.05, 3.63) is 23.8 Å². The Labute approximate surface area is 120 Å². The maximum absolute atomic E-state index is 6.19. The second-order valence-electron chi connectivity index (χ2n) is 4.99. The summed E-state index contributed by atoms with van der Waals surface area (Å²) in [6, 6.07) is 6.26. The van der Waals surface area contributed by atoms with Crippen LogP contribution in [0.3, 0.4) is 0 Å². The highest BCUT2D eigenvalue weighted by atomic mass is 32.2. The topological polar surface area (TPSA) is 38.5 Å². The minimum absolute atomic E-state index is 0.336. The van der Waals surface area contributed by atoms with E-state index in [1.165, 1.54) is 4.90 Å². The van der Waals surface area contributed by atoms with Crippen LogP contribution in [0, 0.1) is 0 Å². The first-order valence-corrected chi connectivity index (χ1v) is 8.03. The Morgan fingerprint density at radius 2 is 2.11 bits per heavy atom. The van der Waals surface area contributed by atoms with Gasteiger partial charge in [0, 0.05) is 30.1 Å². The van der Waals surface area contributed by atoms with E-state index in [1.807, 2.05) is 11.8 Å². The standard InChI is InChI=1S/C15H24N2OS/c1-3-19-15-6-4-5-14(13(15)11-16)18-12-7-9-17(2)10-8-12/h4-6,12H,3,7-11,16H2,1-2H3. The Morgan fingerprint density at radius 1 is 1.37 bits per heavy atom. The molecule has 1 aliphatic heterocycles. The molecule has 1 heterocycles. The Bertz CT molecular complexity index is 403. The summed E-state index contributed by atoms with van der Waals surface area (Å²) >= 11 is 1.83. The molecule has 1 aliphatic rings. The minimum atomic E-state index is 0.336. The molecule has 1 aromatic carbocycles. The molecule has 4 heteroatoms. The third-order valence-corrected chi connectivity index (χ3v) is 4.54. The van der Waals surface area contributed by atoms with Crippen molar-refractivity contribution < 1.29 is 4.74 Å². The largest absolute Gasteiger partial charge is 0.490 e. The van der Waals surface area contributed by atoms with Crippen LogP contribution in [0.2, 0.25) is 0 Å². The number of thioether (sulfide) groups is 1. The quantitative estimate of drug-likeness (QED) is 0.842. The fourth-order valence-corrected chi connectivity index (χ4v) is 3.27. The molecule has 0 atom stereocenters.